The lowest BCUT2D eigenvalue weighted by atomic mass is 10.0. The highest BCUT2D eigenvalue weighted by Crippen LogP contribution is 2.47. The van der Waals surface area contributed by atoms with Crippen LogP contribution in [0.25, 0.3) is 33.9 Å². The van der Waals surface area contributed by atoms with Crippen LogP contribution in [-0.2, 0) is 0 Å². The molecule has 0 radical (unpaired) electrons. The summed E-state index contributed by atoms with van der Waals surface area (Å²) in [6.07, 6.45) is -0.201. The normalized spacial score (nSPS) is 14.1. The van der Waals surface area contributed by atoms with E-state index in [2.05, 4.69) is 98.6 Å². The van der Waals surface area contributed by atoms with Gasteiger partial charge < -0.3 is 10.1 Å². The summed E-state index contributed by atoms with van der Waals surface area (Å²) in [6, 6.07) is 35.3. The number of imidazole rings is 1. The van der Waals surface area contributed by atoms with Crippen molar-refractivity contribution in [3.8, 4) is 39.7 Å². The second kappa shape index (κ2) is 8.50. The Labute approximate surface area is 207 Å². The van der Waals surface area contributed by atoms with E-state index in [-0.39, 0.29) is 6.17 Å². The number of rotatable bonds is 4. The van der Waals surface area contributed by atoms with Crippen LogP contribution in [0.3, 0.4) is 0 Å². The molecule has 0 amide bonds. The minimum absolute atomic E-state index is 0.201. The molecule has 1 atom stereocenters. The Morgan fingerprint density at radius 2 is 1.50 bits per heavy atom. The third kappa shape index (κ3) is 3.40. The number of halogens is 1. The summed E-state index contributed by atoms with van der Waals surface area (Å²) < 4.78 is 9.11. The first-order chi connectivity index (χ1) is 16.7. The van der Waals surface area contributed by atoms with Gasteiger partial charge in [-0.1, -0.05) is 94.8 Å². The molecule has 0 saturated heterocycles. The summed E-state index contributed by atoms with van der Waals surface area (Å²) in [5.41, 5.74) is 7.36. The highest BCUT2D eigenvalue weighted by molar-refractivity contribution is 9.10. The molecule has 1 aliphatic rings. The molecule has 2 heterocycles. The van der Waals surface area contributed by atoms with Crippen LogP contribution in [0.2, 0.25) is 0 Å². The number of anilines is 1. The largest absolute Gasteiger partial charge is 0.496 e. The smallest absolute Gasteiger partial charge is 0.145 e. The SMILES string of the molecule is COc1ccccc1C1Nc2cc(Br)ccc2-c2nc(-c3ccccc3)c(-c3ccccc3)n21. The average Bonchev–Trinajstić information content (AvgIpc) is 3.30. The third-order valence-electron chi connectivity index (χ3n) is 6.21. The van der Waals surface area contributed by atoms with Gasteiger partial charge in [-0.2, -0.15) is 0 Å². The number of nitrogens with one attached hydrogen (secondary N) is 1. The van der Waals surface area contributed by atoms with Gasteiger partial charge in [0.2, 0.25) is 0 Å². The lowest BCUT2D eigenvalue weighted by Gasteiger charge is -2.32. The number of methoxy groups -OCH3 is 1. The van der Waals surface area contributed by atoms with Gasteiger partial charge in [0.25, 0.3) is 0 Å². The molecule has 6 rings (SSSR count). The predicted octanol–water partition coefficient (Wildman–Crippen LogP) is 7.63. The summed E-state index contributed by atoms with van der Waals surface area (Å²) in [7, 11) is 1.72. The molecular formula is C29H22BrN3O. The van der Waals surface area contributed by atoms with Crippen molar-refractivity contribution in [1.29, 1.82) is 0 Å². The zero-order chi connectivity index (χ0) is 23.1. The number of para-hydroxylation sites is 1. The van der Waals surface area contributed by atoms with E-state index in [1.165, 1.54) is 0 Å². The number of aromatic nitrogens is 2. The van der Waals surface area contributed by atoms with Gasteiger partial charge in [0.1, 0.15) is 17.7 Å². The van der Waals surface area contributed by atoms with Gasteiger partial charge in [-0.05, 0) is 24.3 Å². The molecule has 34 heavy (non-hydrogen) atoms. The first-order valence-corrected chi connectivity index (χ1v) is 12.0. The minimum Gasteiger partial charge on any atom is -0.496 e. The summed E-state index contributed by atoms with van der Waals surface area (Å²) in [4.78, 5) is 5.27. The summed E-state index contributed by atoms with van der Waals surface area (Å²) >= 11 is 3.64. The van der Waals surface area contributed by atoms with Gasteiger partial charge in [0.05, 0.1) is 18.5 Å². The number of hydrogen-bond donors (Lipinski definition) is 1. The van der Waals surface area contributed by atoms with Gasteiger partial charge in [0, 0.05) is 32.4 Å². The fraction of sp³-hybridized carbons (Fsp3) is 0.0690. The Hall–Kier alpha value is -3.83. The Balaban J connectivity index is 1.71. The van der Waals surface area contributed by atoms with E-state index in [0.29, 0.717) is 0 Å². The van der Waals surface area contributed by atoms with E-state index >= 15 is 0 Å². The van der Waals surface area contributed by atoms with E-state index in [0.717, 1.165) is 55.4 Å². The molecule has 5 aromatic rings. The molecule has 0 spiro atoms. The Morgan fingerprint density at radius 1 is 0.824 bits per heavy atom. The molecule has 1 aromatic heterocycles. The highest BCUT2D eigenvalue weighted by Gasteiger charge is 2.33. The van der Waals surface area contributed by atoms with Gasteiger partial charge in [-0.15, -0.1) is 0 Å². The molecule has 1 aliphatic heterocycles. The molecule has 1 unspecified atom stereocenters. The molecule has 4 aromatic carbocycles. The number of nitrogens with zero attached hydrogens (tertiary/aromatic N) is 2. The van der Waals surface area contributed by atoms with Gasteiger partial charge in [-0.3, -0.25) is 4.57 Å². The average molecular weight is 508 g/mol. The van der Waals surface area contributed by atoms with E-state index in [1.54, 1.807) is 7.11 Å². The van der Waals surface area contributed by atoms with Crippen LogP contribution in [0.1, 0.15) is 11.7 Å². The van der Waals surface area contributed by atoms with Crippen LogP contribution in [0.15, 0.2) is 108 Å². The third-order valence-corrected chi connectivity index (χ3v) is 6.71. The van der Waals surface area contributed by atoms with Crippen LogP contribution in [0.5, 0.6) is 5.75 Å². The lowest BCUT2D eigenvalue weighted by Crippen LogP contribution is -2.26. The molecule has 0 fully saturated rings. The summed E-state index contributed by atoms with van der Waals surface area (Å²) in [5.74, 6) is 1.76. The van der Waals surface area contributed by atoms with E-state index < -0.39 is 0 Å². The topological polar surface area (TPSA) is 39.1 Å². The predicted molar refractivity (Wildman–Crippen MR) is 141 cm³/mol. The van der Waals surface area contributed by atoms with Crippen LogP contribution in [-0.4, -0.2) is 16.7 Å². The monoisotopic (exact) mass is 507 g/mol. The molecule has 1 N–H and O–H groups in total. The van der Waals surface area contributed by atoms with E-state index in [1.807, 2.05) is 30.3 Å². The maximum Gasteiger partial charge on any atom is 0.145 e. The van der Waals surface area contributed by atoms with Crippen molar-refractivity contribution < 1.29 is 4.74 Å². The first-order valence-electron chi connectivity index (χ1n) is 11.2. The van der Waals surface area contributed by atoms with Crippen LogP contribution < -0.4 is 10.1 Å². The van der Waals surface area contributed by atoms with E-state index in [4.69, 9.17) is 9.72 Å². The lowest BCUT2D eigenvalue weighted by molar-refractivity contribution is 0.404. The Kier molecular flexibility index (Phi) is 5.19. The van der Waals surface area contributed by atoms with Crippen LogP contribution in [0.4, 0.5) is 5.69 Å². The number of ether oxygens (including phenoxy) is 1. The molecular weight excluding hydrogens is 486 g/mol. The molecule has 5 heteroatoms. The quantitative estimate of drug-likeness (QED) is 0.271. The van der Waals surface area contributed by atoms with Crippen molar-refractivity contribution in [3.05, 3.63) is 113 Å². The zero-order valence-electron chi connectivity index (χ0n) is 18.6. The van der Waals surface area contributed by atoms with Gasteiger partial charge in [0.15, 0.2) is 0 Å². The zero-order valence-corrected chi connectivity index (χ0v) is 20.2. The number of hydrogen-bond acceptors (Lipinski definition) is 3. The number of benzene rings is 4. The minimum atomic E-state index is -0.201. The summed E-state index contributed by atoms with van der Waals surface area (Å²) in [6.45, 7) is 0. The van der Waals surface area contributed by atoms with E-state index in [9.17, 15) is 0 Å². The van der Waals surface area contributed by atoms with Crippen LogP contribution in [0, 0.1) is 0 Å². The number of fused-ring (bicyclic) bond motifs is 3. The molecule has 166 valence electrons. The maximum absolute atomic E-state index is 5.78. The molecule has 4 nitrogen and oxygen atoms in total. The first kappa shape index (κ1) is 20.8. The molecule has 0 saturated carbocycles. The second-order valence-electron chi connectivity index (χ2n) is 8.21. The molecule has 0 aliphatic carbocycles. The standard InChI is InChI=1S/C29H22BrN3O/c1-34-25-15-9-8-14-23(25)29-31-24-18-21(30)16-17-22(24)28-32-26(19-10-4-2-5-11-19)27(33(28)29)20-12-6-3-7-13-20/h2-18,29,31H,1H3. The van der Waals surface area contributed by atoms with Crippen molar-refractivity contribution in [2.75, 3.05) is 12.4 Å². The Morgan fingerprint density at radius 3 is 2.24 bits per heavy atom. The van der Waals surface area contributed by atoms with Crippen molar-refractivity contribution in [3.63, 3.8) is 0 Å². The maximum atomic E-state index is 5.78. The van der Waals surface area contributed by atoms with Gasteiger partial charge >= 0.3 is 0 Å². The summed E-state index contributed by atoms with van der Waals surface area (Å²) in [5, 5.41) is 3.77. The van der Waals surface area contributed by atoms with Crippen molar-refractivity contribution in [1.82, 2.24) is 9.55 Å². The fourth-order valence-corrected chi connectivity index (χ4v) is 5.06. The van der Waals surface area contributed by atoms with Gasteiger partial charge in [-0.25, -0.2) is 4.98 Å². The van der Waals surface area contributed by atoms with Crippen LogP contribution >= 0.6 is 15.9 Å². The van der Waals surface area contributed by atoms with Crippen molar-refractivity contribution in [2.45, 2.75) is 6.17 Å². The molecule has 0 bridgehead atoms. The second-order valence-corrected chi connectivity index (χ2v) is 9.13. The van der Waals surface area contributed by atoms with Crippen molar-refractivity contribution in [2.24, 2.45) is 0 Å². The van der Waals surface area contributed by atoms with Crippen molar-refractivity contribution >= 4 is 21.6 Å². The Bertz CT molecular complexity index is 1480. The fourth-order valence-electron chi connectivity index (χ4n) is 4.70. The highest BCUT2D eigenvalue weighted by atomic mass is 79.9.